The van der Waals surface area contributed by atoms with Crippen molar-refractivity contribution in [1.29, 1.82) is 0 Å². The Bertz CT molecular complexity index is 5120. The van der Waals surface area contributed by atoms with E-state index in [0.29, 0.717) is 207 Å². The lowest BCUT2D eigenvalue weighted by Crippen LogP contribution is -2.61. The number of ketones is 2. The third-order valence-corrected chi connectivity index (χ3v) is 27.7. The fourth-order valence-electron chi connectivity index (χ4n) is 19.7. The number of piperazine rings is 2. The molecule has 1 saturated carbocycles. The number of Topliss-reactive ketones (excluding diaryl/α,β-unsaturated/α-hetero) is 2. The lowest BCUT2D eigenvalue weighted by molar-refractivity contribution is -0.265. The first-order chi connectivity index (χ1) is 63.5. The average Bonchev–Trinajstić information content (AvgIpc) is 1.60. The van der Waals surface area contributed by atoms with Crippen molar-refractivity contribution in [3.63, 3.8) is 0 Å². The predicted molar refractivity (Wildman–Crippen MR) is 492 cm³/mol. The number of ether oxygens (including phenoxy) is 8. The molecular weight excluding hydrogens is 1690 g/mol. The fourth-order valence-corrected chi connectivity index (χ4v) is 19.7. The summed E-state index contributed by atoms with van der Waals surface area (Å²) in [6.07, 6.45) is 16.1. The number of hydrogen-bond donors (Lipinski definition) is 5. The molecule has 0 unspecified atom stereocenters. The van der Waals surface area contributed by atoms with Crippen LogP contribution in [0.5, 0.6) is 0 Å². The van der Waals surface area contributed by atoms with Gasteiger partial charge < -0.3 is 93.8 Å². The summed E-state index contributed by atoms with van der Waals surface area (Å²) in [7, 11) is 6.14. The van der Waals surface area contributed by atoms with Gasteiger partial charge in [-0.15, -0.1) is 0 Å². The molecule has 5 fully saturated rings. The second kappa shape index (κ2) is 46.0. The number of benzene rings is 2. The molecule has 6 aliphatic heterocycles. The van der Waals surface area contributed by atoms with Crippen molar-refractivity contribution in [3.05, 3.63) is 125 Å². The maximum Gasteiger partial charge on any atom is 0.407 e. The first kappa shape index (κ1) is 99.0. The van der Waals surface area contributed by atoms with Crippen LogP contribution in [0.25, 0.3) is 33.4 Å². The number of aromatic nitrogens is 7. The molecule has 35 nitrogen and oxygen atoms in total. The highest BCUT2D eigenvalue weighted by molar-refractivity contribution is 6.39. The number of aliphatic hydroxyl groups excluding tert-OH is 1. The number of aliphatic hydroxyl groups is 2. The summed E-state index contributed by atoms with van der Waals surface area (Å²) >= 11 is 0. The largest absolute Gasteiger partial charge is 0.460 e. The van der Waals surface area contributed by atoms with Gasteiger partial charge in [0.25, 0.3) is 17.7 Å². The number of cyclic esters (lactones) is 1. The Kier molecular flexibility index (Phi) is 34.5. The Hall–Kier alpha value is -10.5. The monoisotopic (exact) mass is 1830 g/mol. The van der Waals surface area contributed by atoms with Crippen molar-refractivity contribution in [2.45, 2.75) is 231 Å². The summed E-state index contributed by atoms with van der Waals surface area (Å²) in [6, 6.07) is 10.7. The molecule has 2 bridgehead atoms. The minimum atomic E-state index is -2.47. The molecule has 132 heavy (non-hydrogen) atoms. The number of carbonyl (C=O) groups excluding carboxylic acids is 8. The van der Waals surface area contributed by atoms with Crippen LogP contribution in [0.4, 0.5) is 22.6 Å². The molecule has 7 N–H and O–H groups in total. The number of rotatable bonds is 23. The molecule has 10 heterocycles. The number of nitrogens with zero attached hydrogens (tertiary/aromatic N) is 13. The number of fused-ring (bicyclic) bond motifs is 6. The van der Waals surface area contributed by atoms with E-state index >= 15 is 0 Å². The van der Waals surface area contributed by atoms with Crippen molar-refractivity contribution in [2.75, 3.05) is 130 Å². The van der Waals surface area contributed by atoms with E-state index in [9.17, 15) is 48.6 Å². The van der Waals surface area contributed by atoms with E-state index in [0.717, 1.165) is 27.8 Å². The number of anilines is 3. The third-order valence-electron chi connectivity index (χ3n) is 27.7. The SMILES string of the molecule is CO[C@H]1C[C@@H]2CC[C@@H](C)[C@@](O)(O2)C(=O)C(=O)N2CCCC[C@H]2C(=O)O[C@H]([C@H](C)C[C@@H]2CC[C@@H](OC(=O)NCc3cnc(N4CCN(C(=O)CCOCCN5CCN(C(=O)CCC(=O)N6CCc7cc(Cn8nc(-c9ccc%10oc(N)nc%10c9)c9c(N)ncnc98)ccc7C6)CC5)CC4)nc3)[C@H](OC)C2)C[C@@H](OC)[C@H](C)/C=C(\C)[C@@H](O)[C@@H](OC)C(=O)[C@H](C)C[C@H](C)/C=C/C=CC=C1C. The summed E-state index contributed by atoms with van der Waals surface area (Å²) in [5, 5.41) is 32.5. The van der Waals surface area contributed by atoms with E-state index in [1.165, 1.54) is 18.3 Å². The van der Waals surface area contributed by atoms with E-state index in [4.69, 9.17) is 58.9 Å². The standard InChI is InChI=1S/C97H134N16O19/c1-59-17-13-12-14-18-60(2)77(124-8)51-72-25-20-65(7)97(123,132-72)89(119)92(120)112-32-16-15-19-74(112)93(121)129-79(52-78(125-9)61(3)46-64(6)87(118)88(127-11)86(117)63(5)45-59)62(4)47-66-22-26-76(80(49-66)126-10)131-96(122)102-55-68-53-100-95(101-54-68)110-40-38-109(39-41-110)83(116)31-43-128-44-42-107-34-36-108(37-35-107)81(114)28-29-82(115)111-33-30-69-48-67(21-23-71(69)57-111)56-113-91-84(90(98)103-58-104-91)85(106-113)70-24-27-75-73(50-70)105-94(99)130-75/h12-14,17-18,21,23-24,27,46,48,50,53-54,58-59,61-63,65-66,72,74,76-80,87-88,118,123H,15-16,19-20,22,25-26,28-45,47,49,51-52,55-57H2,1-11H3,(H2,99,105)(H,102,122)(H2,98,103,104)/b14-12?,17-13+,60-18?,64-46+/t59-,61-,62-,63-,65-,66+,72+,74+,76-,77+,78-,79+,80-,87-,88+,97-/m1/s1. The molecular formula is C97H134N16O19. The molecule has 1 aliphatic carbocycles. The van der Waals surface area contributed by atoms with Crippen LogP contribution in [0.15, 0.2) is 107 Å². The van der Waals surface area contributed by atoms with Crippen molar-refractivity contribution in [1.82, 2.24) is 64.5 Å². The highest BCUT2D eigenvalue weighted by atomic mass is 16.6. The van der Waals surface area contributed by atoms with Gasteiger partial charge in [-0.3, -0.25) is 33.7 Å². The van der Waals surface area contributed by atoms with E-state index in [2.05, 4.69) is 47.3 Å². The van der Waals surface area contributed by atoms with Gasteiger partial charge in [-0.05, 0) is 148 Å². The lowest BCUT2D eigenvalue weighted by atomic mass is 9.78. The Morgan fingerprint density at radius 3 is 2.17 bits per heavy atom. The van der Waals surface area contributed by atoms with Crippen LogP contribution in [0.1, 0.15) is 167 Å². The minimum absolute atomic E-state index is 0.00142. The Morgan fingerprint density at radius 1 is 0.705 bits per heavy atom. The molecule has 7 aliphatic rings. The minimum Gasteiger partial charge on any atom is -0.460 e. The zero-order valence-corrected chi connectivity index (χ0v) is 78.3. The van der Waals surface area contributed by atoms with Crippen molar-refractivity contribution in [3.8, 4) is 11.3 Å². The third kappa shape index (κ3) is 24.7. The van der Waals surface area contributed by atoms with Gasteiger partial charge in [-0.1, -0.05) is 89.3 Å². The Balaban J connectivity index is 0.525. The predicted octanol–water partition coefficient (Wildman–Crippen LogP) is 9.08. The van der Waals surface area contributed by atoms with E-state index in [-0.39, 0.29) is 99.1 Å². The molecule has 16 atom stereocenters. The van der Waals surface area contributed by atoms with Crippen molar-refractivity contribution in [2.24, 2.45) is 35.5 Å². The maximum absolute atomic E-state index is 15.0. The molecule has 716 valence electrons. The van der Waals surface area contributed by atoms with Crippen LogP contribution >= 0.6 is 0 Å². The number of esters is 1. The Morgan fingerprint density at radius 2 is 1.44 bits per heavy atom. The first-order valence-corrected chi connectivity index (χ1v) is 46.9. The zero-order valence-electron chi connectivity index (χ0n) is 78.3. The molecule has 13 rings (SSSR count). The van der Waals surface area contributed by atoms with E-state index < -0.39 is 102 Å². The fraction of sp³-hybridized carbons (Fsp3) is 0.608. The molecule has 2 aromatic carbocycles. The number of hydrogen-bond acceptors (Lipinski definition) is 29. The number of oxazole rings is 1. The van der Waals surface area contributed by atoms with Crippen LogP contribution in [0, 0.1) is 35.5 Å². The number of nitrogens with one attached hydrogen (secondary N) is 1. The topological polar surface area (TPSA) is 430 Å². The normalized spacial score (nSPS) is 27.8. The quantitative estimate of drug-likeness (QED) is 0.0173. The van der Waals surface area contributed by atoms with Gasteiger partial charge >= 0.3 is 12.1 Å². The second-order valence-electron chi connectivity index (χ2n) is 36.9. The summed E-state index contributed by atoms with van der Waals surface area (Å²) < 4.78 is 56.1. The molecule has 0 radical (unpaired) electrons. The lowest BCUT2D eigenvalue weighted by Gasteiger charge is -2.43. The van der Waals surface area contributed by atoms with Gasteiger partial charge in [0, 0.05) is 180 Å². The smallest absolute Gasteiger partial charge is 0.407 e. The second-order valence-corrected chi connectivity index (χ2v) is 36.9. The summed E-state index contributed by atoms with van der Waals surface area (Å²) in [4.78, 5) is 146. The van der Waals surface area contributed by atoms with Gasteiger partial charge in [-0.25, -0.2) is 34.2 Å². The number of carbonyl (C=O) groups is 8. The highest BCUT2D eigenvalue weighted by Crippen LogP contribution is 2.41. The van der Waals surface area contributed by atoms with Crippen LogP contribution in [-0.4, -0.2) is 291 Å². The molecule has 4 aromatic heterocycles. The van der Waals surface area contributed by atoms with Gasteiger partial charge in [0.15, 0.2) is 17.0 Å². The number of alkyl carbamates (subject to hydrolysis) is 1. The van der Waals surface area contributed by atoms with Crippen molar-refractivity contribution >= 4 is 87.2 Å². The van der Waals surface area contributed by atoms with Gasteiger partial charge in [-0.2, -0.15) is 10.1 Å². The van der Waals surface area contributed by atoms with Crippen LogP contribution in [0.3, 0.4) is 0 Å². The number of piperidine rings is 1. The van der Waals surface area contributed by atoms with Gasteiger partial charge in [0.05, 0.1) is 56.0 Å². The zero-order chi connectivity index (χ0) is 94.0. The summed E-state index contributed by atoms with van der Waals surface area (Å²) in [5.41, 5.74) is 20.6. The van der Waals surface area contributed by atoms with Crippen molar-refractivity contribution < 1.29 is 90.9 Å². The number of allylic oxidation sites excluding steroid dienone is 5. The van der Waals surface area contributed by atoms with Gasteiger partial charge in [0.2, 0.25) is 29.5 Å². The van der Waals surface area contributed by atoms with Crippen LogP contribution in [0.2, 0.25) is 0 Å². The first-order valence-electron chi connectivity index (χ1n) is 46.9. The Labute approximate surface area is 772 Å². The van der Waals surface area contributed by atoms with Crippen LogP contribution in [-0.2, 0) is 97.5 Å². The van der Waals surface area contributed by atoms with E-state index in [1.807, 2.05) is 114 Å². The summed E-state index contributed by atoms with van der Waals surface area (Å²) in [5.74, 6) is -6.73. The molecule has 35 heteroatoms. The van der Waals surface area contributed by atoms with Crippen LogP contribution < -0.4 is 21.7 Å². The number of amides is 5. The number of nitrogen functional groups attached to an aromatic ring is 2. The molecule has 4 saturated heterocycles. The highest BCUT2D eigenvalue weighted by Gasteiger charge is 2.54. The molecule has 5 amide bonds. The number of methoxy groups -OCH3 is 4. The average molecular weight is 1830 g/mol. The molecule has 0 spiro atoms. The van der Waals surface area contributed by atoms with E-state index in [1.54, 1.807) is 53.6 Å². The molecule has 6 aromatic rings. The summed E-state index contributed by atoms with van der Waals surface area (Å²) in [6.45, 7) is 20.6. The number of nitrogens with two attached hydrogens (primary N) is 2. The van der Waals surface area contributed by atoms with Gasteiger partial charge in [0.1, 0.15) is 53.8 Å². The maximum atomic E-state index is 15.0.